The summed E-state index contributed by atoms with van der Waals surface area (Å²) in [5.41, 5.74) is 1.24. The summed E-state index contributed by atoms with van der Waals surface area (Å²) in [5, 5.41) is 12.8. The van der Waals surface area contributed by atoms with Crippen LogP contribution in [-0.4, -0.2) is 11.1 Å². The molecule has 0 aromatic heterocycles. The number of carbonyl (C=O) groups is 1. The highest BCUT2D eigenvalue weighted by Gasteiger charge is 2.21. The van der Waals surface area contributed by atoms with Gasteiger partial charge in [-0.15, -0.1) is 0 Å². The Bertz CT molecular complexity index is 569. The van der Waals surface area contributed by atoms with Gasteiger partial charge in [0.1, 0.15) is 0 Å². The standard InChI is InChI=1S/C14H11BrClNO2/c15-10-7-4-8-11(16)13(10)17-12(14(18)19)9-5-2-1-3-6-9/h1-8,12,17H,(H,18,19). The Hall–Kier alpha value is -1.52. The van der Waals surface area contributed by atoms with Gasteiger partial charge < -0.3 is 10.4 Å². The molecule has 0 aliphatic rings. The first-order valence-electron chi connectivity index (χ1n) is 5.58. The van der Waals surface area contributed by atoms with Gasteiger partial charge >= 0.3 is 5.97 Å². The van der Waals surface area contributed by atoms with Crippen molar-refractivity contribution < 1.29 is 9.90 Å². The van der Waals surface area contributed by atoms with Crippen molar-refractivity contribution >= 4 is 39.2 Å². The maximum absolute atomic E-state index is 11.4. The first kappa shape index (κ1) is 13.9. The topological polar surface area (TPSA) is 49.3 Å². The third-order valence-electron chi connectivity index (χ3n) is 2.63. The third kappa shape index (κ3) is 3.28. The molecule has 0 fully saturated rings. The number of carboxylic acid groups (broad SMARTS) is 1. The van der Waals surface area contributed by atoms with E-state index in [0.717, 1.165) is 4.47 Å². The molecule has 0 aliphatic carbocycles. The smallest absolute Gasteiger partial charge is 0.330 e. The van der Waals surface area contributed by atoms with Gasteiger partial charge in [-0.25, -0.2) is 4.79 Å². The summed E-state index contributed by atoms with van der Waals surface area (Å²) >= 11 is 9.44. The molecule has 3 nitrogen and oxygen atoms in total. The summed E-state index contributed by atoms with van der Waals surface area (Å²) in [5.74, 6) is -0.960. The van der Waals surface area contributed by atoms with Crippen LogP contribution in [0.4, 0.5) is 5.69 Å². The van der Waals surface area contributed by atoms with Gasteiger partial charge in [-0.2, -0.15) is 0 Å². The molecular formula is C14H11BrClNO2. The van der Waals surface area contributed by atoms with Gasteiger partial charge in [0.2, 0.25) is 0 Å². The van der Waals surface area contributed by atoms with Crippen molar-refractivity contribution in [3.05, 3.63) is 63.6 Å². The van der Waals surface area contributed by atoms with Crippen LogP contribution in [0.3, 0.4) is 0 Å². The fourth-order valence-corrected chi connectivity index (χ4v) is 2.54. The highest BCUT2D eigenvalue weighted by molar-refractivity contribution is 9.10. The van der Waals surface area contributed by atoms with Crippen LogP contribution in [0.25, 0.3) is 0 Å². The van der Waals surface area contributed by atoms with E-state index in [-0.39, 0.29) is 0 Å². The van der Waals surface area contributed by atoms with Gasteiger partial charge in [-0.1, -0.05) is 48.0 Å². The SMILES string of the molecule is O=C(O)C(Nc1c(Cl)cccc1Br)c1ccccc1. The Morgan fingerprint density at radius 2 is 1.84 bits per heavy atom. The summed E-state index contributed by atoms with van der Waals surface area (Å²) in [7, 11) is 0. The van der Waals surface area contributed by atoms with Crippen LogP contribution in [0.15, 0.2) is 53.0 Å². The molecular weight excluding hydrogens is 330 g/mol. The number of para-hydroxylation sites is 1. The van der Waals surface area contributed by atoms with Gasteiger partial charge in [-0.05, 0) is 33.6 Å². The minimum atomic E-state index is -0.960. The van der Waals surface area contributed by atoms with E-state index in [2.05, 4.69) is 21.2 Å². The van der Waals surface area contributed by atoms with Crippen LogP contribution in [-0.2, 0) is 4.79 Å². The van der Waals surface area contributed by atoms with Gasteiger partial charge in [0, 0.05) is 4.47 Å². The summed E-state index contributed by atoms with van der Waals surface area (Å²) in [6.45, 7) is 0. The number of hydrogen-bond donors (Lipinski definition) is 2. The number of benzene rings is 2. The Kier molecular flexibility index (Phi) is 4.45. The van der Waals surface area contributed by atoms with Crippen molar-refractivity contribution in [2.24, 2.45) is 0 Å². The lowest BCUT2D eigenvalue weighted by atomic mass is 10.1. The molecule has 19 heavy (non-hydrogen) atoms. The van der Waals surface area contributed by atoms with Crippen LogP contribution in [0.1, 0.15) is 11.6 Å². The molecule has 0 radical (unpaired) electrons. The molecule has 0 amide bonds. The lowest BCUT2D eigenvalue weighted by molar-refractivity contribution is -0.138. The van der Waals surface area contributed by atoms with E-state index in [4.69, 9.17) is 11.6 Å². The molecule has 2 N–H and O–H groups in total. The molecule has 0 spiro atoms. The molecule has 5 heteroatoms. The molecule has 2 rings (SSSR count). The summed E-state index contributed by atoms with van der Waals surface area (Å²) in [6, 6.07) is 13.4. The second kappa shape index (κ2) is 6.08. The summed E-state index contributed by atoms with van der Waals surface area (Å²) in [6.07, 6.45) is 0. The normalized spacial score (nSPS) is 11.9. The van der Waals surface area contributed by atoms with Crippen molar-refractivity contribution in [1.82, 2.24) is 0 Å². The van der Waals surface area contributed by atoms with Gasteiger partial charge in [-0.3, -0.25) is 0 Å². The third-order valence-corrected chi connectivity index (χ3v) is 3.61. The van der Waals surface area contributed by atoms with Gasteiger partial charge in [0.05, 0.1) is 10.7 Å². The zero-order valence-electron chi connectivity index (χ0n) is 9.81. The Morgan fingerprint density at radius 3 is 2.42 bits per heavy atom. The molecule has 98 valence electrons. The van der Waals surface area contributed by atoms with Crippen LogP contribution in [0, 0.1) is 0 Å². The van der Waals surface area contributed by atoms with E-state index in [1.54, 1.807) is 42.5 Å². The van der Waals surface area contributed by atoms with E-state index in [1.165, 1.54) is 0 Å². The zero-order chi connectivity index (χ0) is 13.8. The first-order chi connectivity index (χ1) is 9.09. The Morgan fingerprint density at radius 1 is 1.16 bits per heavy atom. The predicted octanol–water partition coefficient (Wildman–Crippen LogP) is 4.34. The summed E-state index contributed by atoms with van der Waals surface area (Å²) in [4.78, 5) is 11.4. The average molecular weight is 341 g/mol. The molecule has 2 aromatic carbocycles. The van der Waals surface area contributed by atoms with E-state index in [0.29, 0.717) is 16.3 Å². The fourth-order valence-electron chi connectivity index (χ4n) is 1.71. The molecule has 1 unspecified atom stereocenters. The molecule has 0 saturated heterocycles. The number of aliphatic carboxylic acids is 1. The highest BCUT2D eigenvalue weighted by Crippen LogP contribution is 2.33. The van der Waals surface area contributed by atoms with Crippen LogP contribution >= 0.6 is 27.5 Å². The van der Waals surface area contributed by atoms with Crippen molar-refractivity contribution in [1.29, 1.82) is 0 Å². The molecule has 1 atom stereocenters. The average Bonchev–Trinajstić information content (AvgIpc) is 2.39. The maximum atomic E-state index is 11.4. The van der Waals surface area contributed by atoms with Crippen LogP contribution in [0.2, 0.25) is 5.02 Å². The monoisotopic (exact) mass is 339 g/mol. The fraction of sp³-hybridized carbons (Fsp3) is 0.0714. The molecule has 0 heterocycles. The largest absolute Gasteiger partial charge is 0.479 e. The lowest BCUT2D eigenvalue weighted by Gasteiger charge is -2.18. The Balaban J connectivity index is 2.35. The quantitative estimate of drug-likeness (QED) is 0.870. The minimum absolute atomic E-state index is 0.469. The zero-order valence-corrected chi connectivity index (χ0v) is 12.1. The van der Waals surface area contributed by atoms with Gasteiger partial charge in [0.15, 0.2) is 6.04 Å². The van der Waals surface area contributed by atoms with Crippen molar-refractivity contribution in [3.63, 3.8) is 0 Å². The number of nitrogens with one attached hydrogen (secondary N) is 1. The lowest BCUT2D eigenvalue weighted by Crippen LogP contribution is -2.20. The van der Waals surface area contributed by atoms with Crippen molar-refractivity contribution in [2.75, 3.05) is 5.32 Å². The Labute approximate surface area is 124 Å². The van der Waals surface area contributed by atoms with E-state index in [1.807, 2.05) is 6.07 Å². The number of halogens is 2. The molecule has 0 saturated carbocycles. The van der Waals surface area contributed by atoms with Crippen LogP contribution in [0.5, 0.6) is 0 Å². The van der Waals surface area contributed by atoms with Crippen molar-refractivity contribution in [3.8, 4) is 0 Å². The first-order valence-corrected chi connectivity index (χ1v) is 6.75. The number of rotatable bonds is 4. The second-order valence-electron chi connectivity index (χ2n) is 3.92. The molecule has 0 aliphatic heterocycles. The molecule has 0 bridgehead atoms. The maximum Gasteiger partial charge on any atom is 0.330 e. The number of carboxylic acids is 1. The van der Waals surface area contributed by atoms with E-state index < -0.39 is 12.0 Å². The minimum Gasteiger partial charge on any atom is -0.479 e. The number of anilines is 1. The predicted molar refractivity (Wildman–Crippen MR) is 79.6 cm³/mol. The molecule has 2 aromatic rings. The second-order valence-corrected chi connectivity index (χ2v) is 5.18. The number of hydrogen-bond acceptors (Lipinski definition) is 2. The highest BCUT2D eigenvalue weighted by atomic mass is 79.9. The van der Waals surface area contributed by atoms with Crippen molar-refractivity contribution in [2.45, 2.75) is 6.04 Å². The van der Waals surface area contributed by atoms with Gasteiger partial charge in [0.25, 0.3) is 0 Å². The van der Waals surface area contributed by atoms with E-state index >= 15 is 0 Å². The van der Waals surface area contributed by atoms with Crippen LogP contribution < -0.4 is 5.32 Å². The summed E-state index contributed by atoms with van der Waals surface area (Å²) < 4.78 is 0.724. The van der Waals surface area contributed by atoms with E-state index in [9.17, 15) is 9.90 Å².